The highest BCUT2D eigenvalue weighted by molar-refractivity contribution is 5.37. The van der Waals surface area contributed by atoms with Gasteiger partial charge >= 0.3 is 6.18 Å². The lowest BCUT2D eigenvalue weighted by Crippen LogP contribution is -2.10. The molecular weight excluding hydrogens is 1130 g/mol. The lowest BCUT2D eigenvalue weighted by atomic mass is 9.87. The van der Waals surface area contributed by atoms with Crippen LogP contribution in [-0.4, -0.2) is 0 Å². The van der Waals surface area contributed by atoms with Gasteiger partial charge in [0, 0.05) is 5.56 Å². The van der Waals surface area contributed by atoms with Crippen molar-refractivity contribution < 1.29 is 22.0 Å². The Morgan fingerprint density at radius 2 is 0.648 bits per heavy atom. The Kier molecular flexibility index (Phi) is 33.5. The highest BCUT2D eigenvalue weighted by Crippen LogP contribution is 2.31. The SMILES string of the molecule is C#Cc1cc(F)cc(CC(C)(C)C)c1.CC(C)(C)Cc1ccc(C(F)(F)F)cc1.CC(C)(C)Cc1cccc(C#N)c1.CC(C)(C)Cc1ccccc1.CCc1ccc(CC(C)(C)C)cc1.Cc1cc(F)cc(CC(C)(C)C)c1.Cc1cccc(CC(C)(C)C)c1. The summed E-state index contributed by atoms with van der Waals surface area (Å²) in [6, 6.07) is 53.8. The third kappa shape index (κ3) is 43.6. The highest BCUT2D eigenvalue weighted by atomic mass is 19.4. The van der Waals surface area contributed by atoms with Gasteiger partial charge in [-0.15, -0.1) is 6.42 Å². The molecule has 0 aliphatic rings. The summed E-state index contributed by atoms with van der Waals surface area (Å²) in [7, 11) is 0. The monoisotopic (exact) mass is 1250 g/mol. The Bertz CT molecular complexity index is 3240. The second-order valence-corrected chi connectivity index (χ2v) is 32.9. The Labute approximate surface area is 552 Å². The van der Waals surface area contributed by atoms with Crippen LogP contribution in [0.4, 0.5) is 22.0 Å². The number of terminal acetylenes is 1. The second-order valence-electron chi connectivity index (χ2n) is 32.9. The molecule has 0 N–H and O–H groups in total. The molecule has 0 bridgehead atoms. The van der Waals surface area contributed by atoms with Gasteiger partial charge < -0.3 is 0 Å². The molecule has 0 aromatic heterocycles. The Hall–Kier alpha value is -6.76. The van der Waals surface area contributed by atoms with E-state index >= 15 is 0 Å². The smallest absolute Gasteiger partial charge is 0.207 e. The summed E-state index contributed by atoms with van der Waals surface area (Å²) in [6.07, 6.45) is 9.17. The lowest BCUT2D eigenvalue weighted by Gasteiger charge is -2.18. The molecule has 0 aliphatic heterocycles. The fourth-order valence-corrected chi connectivity index (χ4v) is 9.91. The van der Waals surface area contributed by atoms with E-state index in [0.717, 1.165) is 91.3 Å². The van der Waals surface area contributed by atoms with Gasteiger partial charge in [0.25, 0.3) is 0 Å². The van der Waals surface area contributed by atoms with E-state index in [2.05, 4.69) is 256 Å². The molecule has 0 heterocycles. The standard InChI is InChI=1S/C13H15F.C13H20.C12H15F3.C12H17F.C12H15N.C12H18.C11H16/c1-5-10-6-11(8-12(14)7-10)9-13(2,3)4;1-5-11-6-8-12(9-7-11)10-13(2,3)4;1-11(2,3)8-9-4-6-10(7-5-9)12(13,14)15;1-9-5-10(7-11(13)6-9)8-12(2,3)4;1-12(2,3)8-10-5-4-6-11(7-10)9-13;1-10-6-5-7-11(8-10)9-12(2,3)4;1-11(2,3)9-10-7-5-4-6-8-10/h1,6-8H,9H2,2-4H3;6-9H,5,10H2,1-4H3;4-7H,8H2,1-3H3;5-7H,8H2,1-4H3;4-7H,8H2,1-3H3;5-8H,9H2,1-4H3;4-8H,9H2,1-3H3. The number of benzene rings is 7. The van der Waals surface area contributed by atoms with Crippen molar-refractivity contribution in [1.82, 2.24) is 0 Å². The molecule has 1 nitrogen and oxygen atoms in total. The normalized spacial score (nSPS) is 11.7. The van der Waals surface area contributed by atoms with E-state index in [-0.39, 0.29) is 33.3 Å². The van der Waals surface area contributed by atoms with Crippen LogP contribution < -0.4 is 0 Å². The van der Waals surface area contributed by atoms with E-state index in [9.17, 15) is 22.0 Å². The topological polar surface area (TPSA) is 23.8 Å². The van der Waals surface area contributed by atoms with E-state index in [1.807, 2.05) is 37.3 Å². The minimum atomic E-state index is -4.24. The van der Waals surface area contributed by atoms with Gasteiger partial charge in [0.1, 0.15) is 11.6 Å². The molecule has 0 saturated carbocycles. The van der Waals surface area contributed by atoms with Crippen LogP contribution in [0, 0.1) is 87.1 Å². The predicted molar refractivity (Wildman–Crippen MR) is 384 cm³/mol. The lowest BCUT2D eigenvalue weighted by molar-refractivity contribution is -0.137. The predicted octanol–water partition coefficient (Wildman–Crippen LogP) is 25.3. The fourth-order valence-electron chi connectivity index (χ4n) is 9.91. The number of halogens is 5. The van der Waals surface area contributed by atoms with E-state index in [4.69, 9.17) is 11.7 Å². The molecule has 0 radical (unpaired) electrons. The average molecular weight is 1250 g/mol. The van der Waals surface area contributed by atoms with Gasteiger partial charge in [-0.25, -0.2) is 8.78 Å². The van der Waals surface area contributed by atoms with E-state index in [1.54, 1.807) is 30.3 Å². The van der Waals surface area contributed by atoms with Crippen molar-refractivity contribution in [3.8, 4) is 18.4 Å². The molecule has 0 unspecified atom stereocenters. The molecule has 496 valence electrons. The number of rotatable bonds is 8. The molecule has 91 heavy (non-hydrogen) atoms. The summed E-state index contributed by atoms with van der Waals surface area (Å²) in [6.45, 7) is 52.3. The third-order valence-electron chi connectivity index (χ3n) is 13.1. The van der Waals surface area contributed by atoms with E-state index in [1.165, 1.54) is 39.4 Å². The molecule has 0 spiro atoms. The Balaban J connectivity index is 0.000000532. The summed E-state index contributed by atoms with van der Waals surface area (Å²) in [5, 5.41) is 8.71. The minimum absolute atomic E-state index is 0.0970. The number of alkyl halides is 3. The van der Waals surface area contributed by atoms with Crippen LogP contribution in [0.5, 0.6) is 0 Å². The van der Waals surface area contributed by atoms with Crippen molar-refractivity contribution in [3.05, 3.63) is 248 Å². The molecule has 0 amide bonds. The zero-order valence-corrected chi connectivity index (χ0v) is 60.7. The van der Waals surface area contributed by atoms with E-state index < -0.39 is 11.7 Å². The summed E-state index contributed by atoms with van der Waals surface area (Å²) >= 11 is 0. The summed E-state index contributed by atoms with van der Waals surface area (Å²) in [5.74, 6) is 2.08. The van der Waals surface area contributed by atoms with Crippen molar-refractivity contribution in [2.75, 3.05) is 0 Å². The molecular formula is C85H116F5N. The Morgan fingerprint density at radius 1 is 0.330 bits per heavy atom. The number of hydrogen-bond acceptors (Lipinski definition) is 1. The number of hydrogen-bond donors (Lipinski definition) is 0. The third-order valence-corrected chi connectivity index (χ3v) is 13.1. The summed E-state index contributed by atoms with van der Waals surface area (Å²) < 4.78 is 62.9. The molecule has 7 aromatic rings. The maximum absolute atomic E-state index is 13.1. The highest BCUT2D eigenvalue weighted by Gasteiger charge is 2.30. The van der Waals surface area contributed by atoms with Crippen LogP contribution in [-0.2, 0) is 57.5 Å². The largest absolute Gasteiger partial charge is 0.416 e. The minimum Gasteiger partial charge on any atom is -0.207 e. The zero-order chi connectivity index (χ0) is 69.8. The maximum Gasteiger partial charge on any atom is 0.416 e. The number of nitriles is 1. The molecule has 0 aliphatic carbocycles. The number of nitrogens with zero attached hydrogens (tertiary/aromatic N) is 1. The van der Waals surface area contributed by atoms with Gasteiger partial charge in [0.05, 0.1) is 17.2 Å². The van der Waals surface area contributed by atoms with Crippen molar-refractivity contribution >= 4 is 0 Å². The summed E-state index contributed by atoms with van der Waals surface area (Å²) in [4.78, 5) is 0. The van der Waals surface area contributed by atoms with Crippen LogP contribution in [0.2, 0.25) is 0 Å². The first-order valence-electron chi connectivity index (χ1n) is 32.4. The van der Waals surface area contributed by atoms with Gasteiger partial charge in [-0.1, -0.05) is 273 Å². The van der Waals surface area contributed by atoms with Crippen LogP contribution in [0.25, 0.3) is 0 Å². The van der Waals surface area contributed by atoms with Gasteiger partial charge in [-0.2, -0.15) is 18.4 Å². The van der Waals surface area contributed by atoms with Crippen LogP contribution in [0.3, 0.4) is 0 Å². The molecule has 7 rings (SSSR count). The van der Waals surface area contributed by atoms with Gasteiger partial charge in [0.15, 0.2) is 0 Å². The zero-order valence-electron chi connectivity index (χ0n) is 60.7. The van der Waals surface area contributed by atoms with Crippen LogP contribution in [0.1, 0.15) is 225 Å². The maximum atomic E-state index is 13.1. The number of aryl methyl sites for hydroxylation is 3. The van der Waals surface area contributed by atoms with Crippen molar-refractivity contribution in [1.29, 1.82) is 5.26 Å². The van der Waals surface area contributed by atoms with Crippen molar-refractivity contribution in [2.45, 2.75) is 224 Å². The van der Waals surface area contributed by atoms with E-state index in [0.29, 0.717) is 21.8 Å². The molecule has 0 saturated heterocycles. The van der Waals surface area contributed by atoms with Crippen molar-refractivity contribution in [2.24, 2.45) is 37.9 Å². The average Bonchev–Trinajstić information content (AvgIpc) is 2.07. The molecule has 7 aromatic carbocycles. The van der Waals surface area contributed by atoms with Gasteiger partial charge in [-0.3, -0.25) is 0 Å². The van der Waals surface area contributed by atoms with Gasteiger partial charge in [0.2, 0.25) is 0 Å². The first-order valence-corrected chi connectivity index (χ1v) is 32.4. The molecule has 0 atom stereocenters. The Morgan fingerprint density at radius 3 is 1.02 bits per heavy atom. The second kappa shape index (κ2) is 37.1. The first kappa shape index (κ1) is 82.3. The molecule has 6 heteroatoms. The van der Waals surface area contributed by atoms with Gasteiger partial charge in [-0.05, 0) is 208 Å². The quantitative estimate of drug-likeness (QED) is 0.110. The molecule has 0 fully saturated rings. The first-order chi connectivity index (χ1) is 41.5. The van der Waals surface area contributed by atoms with Crippen molar-refractivity contribution in [3.63, 3.8) is 0 Å². The van der Waals surface area contributed by atoms with Crippen LogP contribution in [0.15, 0.2) is 164 Å². The summed E-state index contributed by atoms with van der Waals surface area (Å²) in [5.41, 5.74) is 15.1. The van der Waals surface area contributed by atoms with Crippen LogP contribution >= 0.6 is 0 Å². The fraction of sp³-hybridized carbons (Fsp3) is 0.471.